The summed E-state index contributed by atoms with van der Waals surface area (Å²) in [6.07, 6.45) is 1.72. The summed E-state index contributed by atoms with van der Waals surface area (Å²) in [6.45, 7) is 6.71. The molecule has 0 amide bonds. The Morgan fingerprint density at radius 2 is 1.78 bits per heavy atom. The predicted octanol–water partition coefficient (Wildman–Crippen LogP) is 3.89. The van der Waals surface area contributed by atoms with E-state index in [-0.39, 0.29) is 11.5 Å². The van der Waals surface area contributed by atoms with Gasteiger partial charge in [0.2, 0.25) is 0 Å². The fraction of sp³-hybridized carbons (Fsp3) is 0.375. The number of benzene rings is 1. The summed E-state index contributed by atoms with van der Waals surface area (Å²) in [6, 6.07) is 12.6. The van der Waals surface area contributed by atoms with Crippen LogP contribution in [-0.2, 0) is 5.41 Å². The first-order valence-corrected chi connectivity index (χ1v) is 6.34. The number of rotatable bonds is 3. The largest absolute Gasteiger partial charge is 0.467 e. The van der Waals surface area contributed by atoms with Crippen LogP contribution in [0.25, 0.3) is 0 Å². The number of hydrogen-bond donors (Lipinski definition) is 1. The quantitative estimate of drug-likeness (QED) is 0.884. The third-order valence-corrected chi connectivity index (χ3v) is 3.20. The molecular weight excluding hydrogens is 222 g/mol. The Balaban J connectivity index is 2.50. The van der Waals surface area contributed by atoms with Crippen molar-refractivity contribution in [3.05, 3.63) is 59.5 Å². The van der Waals surface area contributed by atoms with E-state index in [1.807, 2.05) is 19.2 Å². The predicted molar refractivity (Wildman–Crippen MR) is 74.8 cm³/mol. The Labute approximate surface area is 109 Å². The molecule has 0 saturated heterocycles. The molecule has 1 atom stereocenters. The molecule has 0 saturated carbocycles. The van der Waals surface area contributed by atoms with Crippen LogP contribution in [0.2, 0.25) is 0 Å². The van der Waals surface area contributed by atoms with Gasteiger partial charge in [-0.1, -0.05) is 45.0 Å². The lowest BCUT2D eigenvalue weighted by atomic mass is 9.81. The van der Waals surface area contributed by atoms with Gasteiger partial charge in [-0.25, -0.2) is 0 Å². The molecule has 2 aromatic rings. The zero-order chi connectivity index (χ0) is 13.2. The van der Waals surface area contributed by atoms with Crippen LogP contribution in [0.5, 0.6) is 0 Å². The van der Waals surface area contributed by atoms with Gasteiger partial charge in [0.1, 0.15) is 5.76 Å². The fourth-order valence-electron chi connectivity index (χ4n) is 2.34. The van der Waals surface area contributed by atoms with E-state index in [4.69, 9.17) is 4.42 Å². The van der Waals surface area contributed by atoms with Gasteiger partial charge in [-0.15, -0.1) is 0 Å². The van der Waals surface area contributed by atoms with Crippen LogP contribution < -0.4 is 5.32 Å². The molecule has 2 nitrogen and oxygen atoms in total. The molecule has 1 aromatic heterocycles. The van der Waals surface area contributed by atoms with Gasteiger partial charge in [0, 0.05) is 0 Å². The highest BCUT2D eigenvalue weighted by atomic mass is 16.3. The molecule has 1 N–H and O–H groups in total. The third kappa shape index (κ3) is 2.49. The van der Waals surface area contributed by atoms with Crippen LogP contribution in [0, 0.1) is 0 Å². The smallest absolute Gasteiger partial charge is 0.125 e. The van der Waals surface area contributed by atoms with E-state index in [1.165, 1.54) is 11.1 Å². The van der Waals surface area contributed by atoms with Crippen LogP contribution in [0.15, 0.2) is 47.1 Å². The molecule has 0 fully saturated rings. The molecule has 0 aliphatic rings. The van der Waals surface area contributed by atoms with Gasteiger partial charge in [0.15, 0.2) is 0 Å². The summed E-state index contributed by atoms with van der Waals surface area (Å²) in [5.74, 6) is 0.953. The first-order chi connectivity index (χ1) is 8.54. The highest BCUT2D eigenvalue weighted by Crippen LogP contribution is 2.32. The van der Waals surface area contributed by atoms with E-state index in [1.54, 1.807) is 6.26 Å². The van der Waals surface area contributed by atoms with E-state index >= 15 is 0 Å². The van der Waals surface area contributed by atoms with Gasteiger partial charge in [0.05, 0.1) is 12.3 Å². The molecule has 1 unspecified atom stereocenters. The van der Waals surface area contributed by atoms with E-state index in [0.717, 1.165) is 5.76 Å². The average Bonchev–Trinajstić information content (AvgIpc) is 2.83. The summed E-state index contributed by atoms with van der Waals surface area (Å²) in [7, 11) is 1.96. The third-order valence-electron chi connectivity index (χ3n) is 3.20. The second kappa shape index (κ2) is 4.99. The van der Waals surface area contributed by atoms with Crippen LogP contribution in [0.4, 0.5) is 0 Å². The molecular formula is C16H21NO. The normalized spacial score (nSPS) is 13.6. The second-order valence-electron chi connectivity index (χ2n) is 5.57. The Morgan fingerprint density at radius 1 is 1.06 bits per heavy atom. The SMILES string of the molecule is CNC(c1ccco1)c1ccccc1C(C)(C)C. The summed E-state index contributed by atoms with van der Waals surface area (Å²) < 4.78 is 5.55. The highest BCUT2D eigenvalue weighted by molar-refractivity contribution is 5.38. The van der Waals surface area contributed by atoms with E-state index < -0.39 is 0 Å². The van der Waals surface area contributed by atoms with Crippen molar-refractivity contribution in [1.29, 1.82) is 0 Å². The Kier molecular flexibility index (Phi) is 3.58. The molecule has 1 aromatic carbocycles. The van der Waals surface area contributed by atoms with Gasteiger partial charge in [0.25, 0.3) is 0 Å². The van der Waals surface area contributed by atoms with Gasteiger partial charge in [-0.05, 0) is 35.7 Å². The van der Waals surface area contributed by atoms with Crippen molar-refractivity contribution in [3.8, 4) is 0 Å². The maximum Gasteiger partial charge on any atom is 0.125 e. The number of nitrogens with one attached hydrogen (secondary N) is 1. The van der Waals surface area contributed by atoms with E-state index in [0.29, 0.717) is 0 Å². The minimum atomic E-state index is 0.107. The monoisotopic (exact) mass is 243 g/mol. The van der Waals surface area contributed by atoms with Gasteiger partial charge >= 0.3 is 0 Å². The average molecular weight is 243 g/mol. The van der Waals surface area contributed by atoms with Gasteiger partial charge in [-0.3, -0.25) is 0 Å². The minimum Gasteiger partial charge on any atom is -0.467 e. The topological polar surface area (TPSA) is 25.2 Å². The summed E-state index contributed by atoms with van der Waals surface area (Å²) >= 11 is 0. The number of hydrogen-bond acceptors (Lipinski definition) is 2. The zero-order valence-corrected chi connectivity index (χ0v) is 11.5. The molecule has 18 heavy (non-hydrogen) atoms. The van der Waals surface area contributed by atoms with E-state index in [9.17, 15) is 0 Å². The Morgan fingerprint density at radius 3 is 2.33 bits per heavy atom. The van der Waals surface area contributed by atoms with Crippen LogP contribution >= 0.6 is 0 Å². The van der Waals surface area contributed by atoms with Crippen LogP contribution in [0.1, 0.15) is 43.7 Å². The van der Waals surface area contributed by atoms with E-state index in [2.05, 4.69) is 50.4 Å². The zero-order valence-electron chi connectivity index (χ0n) is 11.5. The van der Waals surface area contributed by atoms with Crippen molar-refractivity contribution in [3.63, 3.8) is 0 Å². The van der Waals surface area contributed by atoms with Crippen molar-refractivity contribution in [2.24, 2.45) is 0 Å². The standard InChI is InChI=1S/C16H21NO/c1-16(2,3)13-9-6-5-8-12(13)15(17-4)14-10-7-11-18-14/h5-11,15,17H,1-4H3. The summed E-state index contributed by atoms with van der Waals surface area (Å²) in [4.78, 5) is 0. The fourth-order valence-corrected chi connectivity index (χ4v) is 2.34. The number of furan rings is 1. The molecule has 0 aliphatic heterocycles. The van der Waals surface area contributed by atoms with Crippen molar-refractivity contribution in [2.75, 3.05) is 7.05 Å². The molecule has 1 heterocycles. The second-order valence-corrected chi connectivity index (χ2v) is 5.57. The molecule has 0 bridgehead atoms. The lowest BCUT2D eigenvalue weighted by molar-refractivity contribution is 0.457. The summed E-state index contributed by atoms with van der Waals surface area (Å²) in [5, 5.41) is 3.34. The Bertz CT molecular complexity index is 494. The Hall–Kier alpha value is -1.54. The van der Waals surface area contributed by atoms with Crippen molar-refractivity contribution < 1.29 is 4.42 Å². The first kappa shape index (κ1) is 12.9. The molecule has 0 aliphatic carbocycles. The molecule has 0 radical (unpaired) electrons. The van der Waals surface area contributed by atoms with Gasteiger partial charge in [-0.2, -0.15) is 0 Å². The van der Waals surface area contributed by atoms with Gasteiger partial charge < -0.3 is 9.73 Å². The summed E-state index contributed by atoms with van der Waals surface area (Å²) in [5.41, 5.74) is 2.75. The highest BCUT2D eigenvalue weighted by Gasteiger charge is 2.23. The maximum absolute atomic E-state index is 5.55. The maximum atomic E-state index is 5.55. The lowest BCUT2D eigenvalue weighted by Gasteiger charge is -2.26. The minimum absolute atomic E-state index is 0.107. The van der Waals surface area contributed by atoms with Crippen molar-refractivity contribution in [2.45, 2.75) is 32.2 Å². The first-order valence-electron chi connectivity index (χ1n) is 6.34. The molecule has 2 heteroatoms. The molecule has 0 spiro atoms. The molecule has 2 rings (SSSR count). The lowest BCUT2D eigenvalue weighted by Crippen LogP contribution is -2.23. The van der Waals surface area contributed by atoms with Crippen LogP contribution in [-0.4, -0.2) is 7.05 Å². The van der Waals surface area contributed by atoms with Crippen LogP contribution in [0.3, 0.4) is 0 Å². The van der Waals surface area contributed by atoms with Crippen molar-refractivity contribution >= 4 is 0 Å². The van der Waals surface area contributed by atoms with Crippen molar-refractivity contribution in [1.82, 2.24) is 5.32 Å². The molecule has 96 valence electrons.